The fourth-order valence-corrected chi connectivity index (χ4v) is 3.16. The van der Waals surface area contributed by atoms with Gasteiger partial charge in [-0.1, -0.05) is 18.2 Å². The highest BCUT2D eigenvalue weighted by molar-refractivity contribution is 6.07. The Bertz CT molecular complexity index is 997. The van der Waals surface area contributed by atoms with Crippen LogP contribution in [0, 0.1) is 0 Å². The summed E-state index contributed by atoms with van der Waals surface area (Å²) < 4.78 is 0. The minimum atomic E-state index is -0.202. The summed E-state index contributed by atoms with van der Waals surface area (Å²) in [7, 11) is 1.79. The van der Waals surface area contributed by atoms with E-state index in [0.717, 1.165) is 22.9 Å². The van der Waals surface area contributed by atoms with Crippen molar-refractivity contribution < 1.29 is 9.59 Å². The predicted molar refractivity (Wildman–Crippen MR) is 96.8 cm³/mol. The van der Waals surface area contributed by atoms with Crippen LogP contribution in [0.5, 0.6) is 0 Å². The molecule has 2 amide bonds. The highest BCUT2D eigenvalue weighted by atomic mass is 16.2. The molecule has 0 bridgehead atoms. The second-order valence-electron chi connectivity index (χ2n) is 6.17. The number of rotatable bonds is 2. The van der Waals surface area contributed by atoms with Gasteiger partial charge in [-0.3, -0.25) is 14.6 Å². The molecule has 1 N–H and O–H groups in total. The number of amides is 2. The van der Waals surface area contributed by atoms with Gasteiger partial charge in [0.25, 0.3) is 11.8 Å². The first kappa shape index (κ1) is 15.3. The molecule has 0 fully saturated rings. The maximum Gasteiger partial charge on any atom is 0.255 e. The van der Waals surface area contributed by atoms with E-state index in [2.05, 4.69) is 10.3 Å². The van der Waals surface area contributed by atoms with Crippen LogP contribution in [0.15, 0.2) is 54.7 Å². The number of nitrogens with one attached hydrogen (secondary N) is 1. The minimum absolute atomic E-state index is 0.00717. The molecule has 0 radical (unpaired) electrons. The number of likely N-dealkylation sites (N-methyl/N-ethyl adjacent to an activating group) is 1. The fraction of sp³-hybridized carbons (Fsp3) is 0.150. The molecular weight excluding hydrogens is 314 g/mol. The summed E-state index contributed by atoms with van der Waals surface area (Å²) in [5, 5.41) is 3.94. The third-order valence-electron chi connectivity index (χ3n) is 4.57. The summed E-state index contributed by atoms with van der Waals surface area (Å²) in [4.78, 5) is 30.9. The average Bonchev–Trinajstić information content (AvgIpc) is 2.64. The van der Waals surface area contributed by atoms with Gasteiger partial charge in [0.15, 0.2) is 0 Å². The number of carbonyl (C=O) groups is 2. The quantitative estimate of drug-likeness (QED) is 0.785. The van der Waals surface area contributed by atoms with Gasteiger partial charge in [-0.2, -0.15) is 0 Å². The first-order valence-electron chi connectivity index (χ1n) is 8.17. The van der Waals surface area contributed by atoms with Crippen molar-refractivity contribution in [3.63, 3.8) is 0 Å². The van der Waals surface area contributed by atoms with Crippen LogP contribution in [0.4, 0.5) is 5.69 Å². The molecule has 124 valence electrons. The van der Waals surface area contributed by atoms with Gasteiger partial charge in [0.1, 0.15) is 0 Å². The zero-order valence-corrected chi connectivity index (χ0v) is 13.8. The van der Waals surface area contributed by atoms with Crippen molar-refractivity contribution in [2.75, 3.05) is 18.9 Å². The molecule has 25 heavy (non-hydrogen) atoms. The van der Waals surface area contributed by atoms with Gasteiger partial charge < -0.3 is 10.2 Å². The molecule has 0 saturated heterocycles. The van der Waals surface area contributed by atoms with Crippen LogP contribution < -0.4 is 5.32 Å². The second-order valence-corrected chi connectivity index (χ2v) is 6.17. The average molecular weight is 331 g/mol. The summed E-state index contributed by atoms with van der Waals surface area (Å²) in [6.45, 7) is 0.651. The molecule has 5 heteroatoms. The molecule has 3 aromatic rings. The third kappa shape index (κ3) is 2.74. The van der Waals surface area contributed by atoms with Crippen molar-refractivity contribution in [2.45, 2.75) is 6.42 Å². The van der Waals surface area contributed by atoms with Crippen molar-refractivity contribution >= 4 is 28.4 Å². The number of benzene rings is 2. The molecule has 4 rings (SSSR count). The lowest BCUT2D eigenvalue weighted by Crippen LogP contribution is -2.34. The van der Waals surface area contributed by atoms with Crippen LogP contribution in [-0.2, 0) is 6.42 Å². The summed E-state index contributed by atoms with van der Waals surface area (Å²) in [6.07, 6.45) is 2.44. The molecule has 0 aliphatic carbocycles. The van der Waals surface area contributed by atoms with Gasteiger partial charge in [-0.05, 0) is 42.3 Å². The van der Waals surface area contributed by atoms with E-state index in [1.54, 1.807) is 36.3 Å². The Labute approximate surface area is 145 Å². The van der Waals surface area contributed by atoms with Gasteiger partial charge in [0, 0.05) is 42.0 Å². The molecular formula is C20H17N3O2. The number of pyridine rings is 1. The van der Waals surface area contributed by atoms with E-state index < -0.39 is 0 Å². The minimum Gasteiger partial charge on any atom is -0.341 e. The summed E-state index contributed by atoms with van der Waals surface area (Å²) in [5.74, 6) is -0.209. The van der Waals surface area contributed by atoms with Gasteiger partial charge in [0.2, 0.25) is 0 Å². The number of nitrogens with zero attached hydrogens (tertiary/aromatic N) is 2. The number of hydrogen-bond acceptors (Lipinski definition) is 3. The Balaban J connectivity index is 1.66. The standard InChI is InChI=1S/C20H17N3O2/c1-23-11-9-15-16(20(23)25)5-2-6-17(15)22-19(24)14-8-7-13-4-3-10-21-18(13)12-14/h2-8,10,12H,9,11H2,1H3,(H,22,24). The van der Waals surface area contributed by atoms with E-state index >= 15 is 0 Å². The second kappa shape index (κ2) is 6.02. The molecule has 0 unspecified atom stereocenters. The van der Waals surface area contributed by atoms with Crippen molar-refractivity contribution in [2.24, 2.45) is 0 Å². The number of carbonyl (C=O) groups excluding carboxylic acids is 2. The fourth-order valence-electron chi connectivity index (χ4n) is 3.16. The van der Waals surface area contributed by atoms with E-state index in [1.807, 2.05) is 30.3 Å². The van der Waals surface area contributed by atoms with E-state index in [-0.39, 0.29) is 11.8 Å². The molecule has 0 atom stereocenters. The van der Waals surface area contributed by atoms with Crippen LogP contribution in [0.3, 0.4) is 0 Å². The normalized spacial score (nSPS) is 13.6. The van der Waals surface area contributed by atoms with Gasteiger partial charge in [-0.15, -0.1) is 0 Å². The van der Waals surface area contributed by atoms with Gasteiger partial charge in [-0.25, -0.2) is 0 Å². The Morgan fingerprint density at radius 1 is 1.16 bits per heavy atom. The molecule has 1 aromatic heterocycles. The SMILES string of the molecule is CN1CCc2c(NC(=O)c3ccc4cccnc4c3)cccc2C1=O. The van der Waals surface area contributed by atoms with Crippen LogP contribution in [-0.4, -0.2) is 35.3 Å². The lowest BCUT2D eigenvalue weighted by Gasteiger charge is -2.26. The topological polar surface area (TPSA) is 62.3 Å². The van der Waals surface area contributed by atoms with E-state index in [0.29, 0.717) is 23.4 Å². The highest BCUT2D eigenvalue weighted by Gasteiger charge is 2.24. The zero-order valence-electron chi connectivity index (χ0n) is 13.8. The Morgan fingerprint density at radius 2 is 2.04 bits per heavy atom. The van der Waals surface area contributed by atoms with Crippen LogP contribution in [0.1, 0.15) is 26.3 Å². The number of hydrogen-bond donors (Lipinski definition) is 1. The van der Waals surface area contributed by atoms with Crippen LogP contribution >= 0.6 is 0 Å². The lowest BCUT2D eigenvalue weighted by atomic mass is 9.97. The third-order valence-corrected chi connectivity index (χ3v) is 4.57. The zero-order chi connectivity index (χ0) is 17.4. The molecule has 0 spiro atoms. The smallest absolute Gasteiger partial charge is 0.255 e. The highest BCUT2D eigenvalue weighted by Crippen LogP contribution is 2.26. The van der Waals surface area contributed by atoms with Crippen molar-refractivity contribution in [3.05, 3.63) is 71.4 Å². The Kier molecular flexibility index (Phi) is 3.69. The maximum absolute atomic E-state index is 12.7. The lowest BCUT2D eigenvalue weighted by molar-refractivity contribution is 0.0780. The number of anilines is 1. The Hall–Kier alpha value is -3.21. The first-order valence-corrected chi connectivity index (χ1v) is 8.17. The van der Waals surface area contributed by atoms with Crippen LogP contribution in [0.25, 0.3) is 10.9 Å². The molecule has 5 nitrogen and oxygen atoms in total. The molecule has 2 aromatic carbocycles. The molecule has 1 aliphatic rings. The van der Waals surface area contributed by atoms with Gasteiger partial charge >= 0.3 is 0 Å². The molecule has 2 heterocycles. The summed E-state index contributed by atoms with van der Waals surface area (Å²) >= 11 is 0. The monoisotopic (exact) mass is 331 g/mol. The molecule has 0 saturated carbocycles. The van der Waals surface area contributed by atoms with E-state index in [9.17, 15) is 9.59 Å². The number of fused-ring (bicyclic) bond motifs is 2. The first-order chi connectivity index (χ1) is 12.1. The van der Waals surface area contributed by atoms with Crippen molar-refractivity contribution in [1.82, 2.24) is 9.88 Å². The van der Waals surface area contributed by atoms with Crippen molar-refractivity contribution in [1.29, 1.82) is 0 Å². The number of aromatic nitrogens is 1. The van der Waals surface area contributed by atoms with Crippen LogP contribution in [0.2, 0.25) is 0 Å². The maximum atomic E-state index is 12.7. The molecule has 1 aliphatic heterocycles. The van der Waals surface area contributed by atoms with E-state index in [1.165, 1.54) is 0 Å². The summed E-state index contributed by atoms with van der Waals surface area (Å²) in [5.41, 5.74) is 3.58. The largest absolute Gasteiger partial charge is 0.341 e. The summed E-state index contributed by atoms with van der Waals surface area (Å²) in [6, 6.07) is 14.7. The Morgan fingerprint density at radius 3 is 2.92 bits per heavy atom. The van der Waals surface area contributed by atoms with Gasteiger partial charge in [0.05, 0.1) is 5.52 Å². The van der Waals surface area contributed by atoms with E-state index in [4.69, 9.17) is 0 Å². The van der Waals surface area contributed by atoms with Crippen molar-refractivity contribution in [3.8, 4) is 0 Å². The predicted octanol–water partition coefficient (Wildman–Crippen LogP) is 3.12.